The second kappa shape index (κ2) is 6.78. The fourth-order valence-corrected chi connectivity index (χ4v) is 2.85. The largest absolute Gasteiger partial charge is 0.489 e. The normalized spacial score (nSPS) is 17.0. The minimum absolute atomic E-state index is 0.160. The van der Waals surface area contributed by atoms with Crippen molar-refractivity contribution in [1.29, 1.82) is 0 Å². The highest BCUT2D eigenvalue weighted by molar-refractivity contribution is 5.95. The van der Waals surface area contributed by atoms with Crippen LogP contribution in [0.2, 0.25) is 0 Å². The number of likely N-dealkylation sites (tertiary alicyclic amines) is 1. The number of benzene rings is 1. The molecule has 1 saturated heterocycles. The molecule has 1 aromatic carbocycles. The number of furan rings is 1. The third-order valence-electron chi connectivity index (χ3n) is 4.17. The summed E-state index contributed by atoms with van der Waals surface area (Å²) in [5.74, 6) is 0.134. The highest BCUT2D eigenvalue weighted by Gasteiger charge is 2.35. The summed E-state index contributed by atoms with van der Waals surface area (Å²) in [5, 5.41) is 9.21. The van der Waals surface area contributed by atoms with Crippen LogP contribution in [0.1, 0.15) is 34.7 Å². The van der Waals surface area contributed by atoms with Crippen molar-refractivity contribution in [2.45, 2.75) is 32.4 Å². The van der Waals surface area contributed by atoms with Crippen LogP contribution in [0, 0.1) is 6.92 Å². The molecule has 1 fully saturated rings. The number of amides is 1. The summed E-state index contributed by atoms with van der Waals surface area (Å²) in [6.45, 7) is 2.49. The van der Waals surface area contributed by atoms with Crippen LogP contribution in [-0.2, 0) is 11.4 Å². The van der Waals surface area contributed by atoms with E-state index in [-0.39, 0.29) is 18.3 Å². The number of rotatable bonds is 5. The summed E-state index contributed by atoms with van der Waals surface area (Å²) >= 11 is 0. The van der Waals surface area contributed by atoms with Crippen molar-refractivity contribution in [3.8, 4) is 5.75 Å². The smallest absolute Gasteiger partial charge is 0.326 e. The quantitative estimate of drug-likeness (QED) is 0.912. The number of aliphatic carboxylic acids is 1. The minimum Gasteiger partial charge on any atom is -0.489 e. The van der Waals surface area contributed by atoms with E-state index in [0.717, 1.165) is 11.3 Å². The lowest BCUT2D eigenvalue weighted by Gasteiger charge is -2.19. The van der Waals surface area contributed by atoms with Crippen molar-refractivity contribution in [2.24, 2.45) is 0 Å². The molecule has 2 heterocycles. The number of carbonyl (C=O) groups excluding carboxylic acids is 1. The van der Waals surface area contributed by atoms with Crippen LogP contribution in [0.4, 0.5) is 0 Å². The summed E-state index contributed by atoms with van der Waals surface area (Å²) in [4.78, 5) is 25.1. The molecule has 1 aromatic heterocycles. The number of hydrogen-bond donors (Lipinski definition) is 1. The van der Waals surface area contributed by atoms with E-state index < -0.39 is 12.0 Å². The lowest BCUT2D eigenvalue weighted by molar-refractivity contribution is -0.141. The predicted molar refractivity (Wildman–Crippen MR) is 85.9 cm³/mol. The van der Waals surface area contributed by atoms with Gasteiger partial charge in [-0.1, -0.05) is 18.2 Å². The summed E-state index contributed by atoms with van der Waals surface area (Å²) < 4.78 is 11.2. The Balaban J connectivity index is 1.71. The maximum Gasteiger partial charge on any atom is 0.326 e. The molecule has 126 valence electrons. The molecule has 1 aliphatic heterocycles. The fraction of sp³-hybridized carbons (Fsp3) is 0.333. The molecule has 0 spiro atoms. The molecule has 1 atom stereocenters. The Morgan fingerprint density at radius 2 is 2.08 bits per heavy atom. The Morgan fingerprint density at radius 3 is 2.79 bits per heavy atom. The molecular formula is C18H19NO5. The van der Waals surface area contributed by atoms with Crippen molar-refractivity contribution < 1.29 is 23.8 Å². The number of aryl methyl sites for hydroxylation is 1. The monoisotopic (exact) mass is 329 g/mol. The lowest BCUT2D eigenvalue weighted by atomic mass is 10.2. The first-order chi connectivity index (χ1) is 11.6. The number of ether oxygens (including phenoxy) is 1. The van der Waals surface area contributed by atoms with Crippen LogP contribution in [0.3, 0.4) is 0 Å². The Bertz CT molecular complexity index is 737. The van der Waals surface area contributed by atoms with Crippen molar-refractivity contribution in [2.75, 3.05) is 6.54 Å². The maximum atomic E-state index is 12.5. The standard InChI is InChI=1S/C18H19NO5/c1-12-13(11-23-14-6-3-2-4-7-14)10-16(24-12)17(20)19-9-5-8-15(19)18(21)22/h2-4,6-7,10,15H,5,8-9,11H2,1H3,(H,21,22). The summed E-state index contributed by atoms with van der Waals surface area (Å²) in [7, 11) is 0. The van der Waals surface area contributed by atoms with Gasteiger partial charge in [0.05, 0.1) is 0 Å². The molecular weight excluding hydrogens is 310 g/mol. The third-order valence-corrected chi connectivity index (χ3v) is 4.17. The fourth-order valence-electron chi connectivity index (χ4n) is 2.85. The van der Waals surface area contributed by atoms with Crippen molar-refractivity contribution in [3.63, 3.8) is 0 Å². The first-order valence-electron chi connectivity index (χ1n) is 7.87. The number of para-hydroxylation sites is 1. The molecule has 6 heteroatoms. The summed E-state index contributed by atoms with van der Waals surface area (Å²) in [6, 6.07) is 10.2. The van der Waals surface area contributed by atoms with Gasteiger partial charge in [-0.15, -0.1) is 0 Å². The molecule has 2 aromatic rings. The van der Waals surface area contributed by atoms with E-state index in [9.17, 15) is 14.7 Å². The molecule has 0 bridgehead atoms. The molecule has 0 radical (unpaired) electrons. The molecule has 3 rings (SSSR count). The van der Waals surface area contributed by atoms with E-state index in [1.807, 2.05) is 30.3 Å². The number of nitrogens with zero attached hydrogens (tertiary/aromatic N) is 1. The van der Waals surface area contributed by atoms with Crippen LogP contribution in [0.15, 0.2) is 40.8 Å². The Morgan fingerprint density at radius 1 is 1.33 bits per heavy atom. The third kappa shape index (κ3) is 3.27. The zero-order valence-corrected chi connectivity index (χ0v) is 13.4. The second-order valence-electron chi connectivity index (χ2n) is 5.79. The number of carboxylic acids is 1. The summed E-state index contributed by atoms with van der Waals surface area (Å²) in [5.41, 5.74) is 0.772. The first-order valence-corrected chi connectivity index (χ1v) is 7.87. The van der Waals surface area contributed by atoms with Crippen LogP contribution in [0.5, 0.6) is 5.75 Å². The van der Waals surface area contributed by atoms with Crippen molar-refractivity contribution in [1.82, 2.24) is 4.90 Å². The molecule has 24 heavy (non-hydrogen) atoms. The zero-order chi connectivity index (χ0) is 17.1. The number of carboxylic acid groups (broad SMARTS) is 1. The van der Waals surface area contributed by atoms with E-state index >= 15 is 0 Å². The van der Waals surface area contributed by atoms with Crippen LogP contribution < -0.4 is 4.74 Å². The van der Waals surface area contributed by atoms with Gasteiger partial charge in [0.2, 0.25) is 0 Å². The molecule has 0 saturated carbocycles. The molecule has 1 amide bonds. The predicted octanol–water partition coefficient (Wildman–Crippen LogP) is 2.86. The van der Waals surface area contributed by atoms with Gasteiger partial charge in [0.25, 0.3) is 5.91 Å². The van der Waals surface area contributed by atoms with E-state index in [4.69, 9.17) is 9.15 Å². The van der Waals surface area contributed by atoms with Crippen molar-refractivity contribution in [3.05, 3.63) is 53.5 Å². The first kappa shape index (κ1) is 16.1. The van der Waals surface area contributed by atoms with Crippen LogP contribution >= 0.6 is 0 Å². The van der Waals surface area contributed by atoms with Gasteiger partial charge in [-0.25, -0.2) is 4.79 Å². The molecule has 0 aliphatic carbocycles. The molecule has 1 N–H and O–H groups in total. The Kier molecular flexibility index (Phi) is 4.55. The number of carbonyl (C=O) groups is 2. The molecule has 1 aliphatic rings. The topological polar surface area (TPSA) is 80.0 Å². The van der Waals surface area contributed by atoms with Gasteiger partial charge in [-0.3, -0.25) is 4.79 Å². The van der Waals surface area contributed by atoms with E-state index in [1.54, 1.807) is 13.0 Å². The summed E-state index contributed by atoms with van der Waals surface area (Å²) in [6.07, 6.45) is 1.16. The lowest BCUT2D eigenvalue weighted by Crippen LogP contribution is -2.40. The van der Waals surface area contributed by atoms with Gasteiger partial charge in [0.1, 0.15) is 24.2 Å². The Labute approximate surface area is 139 Å². The average molecular weight is 329 g/mol. The van der Waals surface area contributed by atoms with Gasteiger partial charge in [-0.2, -0.15) is 0 Å². The van der Waals surface area contributed by atoms with Gasteiger partial charge >= 0.3 is 5.97 Å². The van der Waals surface area contributed by atoms with Gasteiger partial charge < -0.3 is 19.2 Å². The highest BCUT2D eigenvalue weighted by atomic mass is 16.5. The van der Waals surface area contributed by atoms with Gasteiger partial charge in [0, 0.05) is 12.1 Å². The second-order valence-corrected chi connectivity index (χ2v) is 5.79. The maximum absolute atomic E-state index is 12.5. The minimum atomic E-state index is -0.975. The van der Waals surface area contributed by atoms with Gasteiger partial charge in [-0.05, 0) is 38.0 Å². The SMILES string of the molecule is Cc1oc(C(=O)N2CCCC2C(=O)O)cc1COc1ccccc1. The highest BCUT2D eigenvalue weighted by Crippen LogP contribution is 2.24. The Hall–Kier alpha value is -2.76. The number of hydrogen-bond acceptors (Lipinski definition) is 4. The van der Waals surface area contributed by atoms with Crippen LogP contribution in [0.25, 0.3) is 0 Å². The van der Waals surface area contributed by atoms with E-state index in [1.165, 1.54) is 4.90 Å². The molecule has 1 unspecified atom stereocenters. The van der Waals surface area contributed by atoms with Crippen LogP contribution in [-0.4, -0.2) is 34.5 Å². The van der Waals surface area contributed by atoms with E-state index in [0.29, 0.717) is 25.1 Å². The average Bonchev–Trinajstić information content (AvgIpc) is 3.20. The van der Waals surface area contributed by atoms with E-state index in [2.05, 4.69) is 0 Å². The van der Waals surface area contributed by atoms with Gasteiger partial charge in [0.15, 0.2) is 5.76 Å². The zero-order valence-electron chi connectivity index (χ0n) is 13.4. The molecule has 6 nitrogen and oxygen atoms in total. The van der Waals surface area contributed by atoms with Crippen molar-refractivity contribution >= 4 is 11.9 Å².